The minimum absolute atomic E-state index is 0. The molecule has 7 atom stereocenters. The van der Waals surface area contributed by atoms with Crippen LogP contribution in [0.5, 0.6) is 0 Å². The van der Waals surface area contributed by atoms with Crippen LogP contribution in [0.3, 0.4) is 0 Å². The monoisotopic (exact) mass is 1890 g/mol. The van der Waals surface area contributed by atoms with E-state index in [1.807, 2.05) is 86.8 Å². The molecule has 2 amide bonds. The Morgan fingerprint density at radius 2 is 0.817 bits per heavy atom. The number of carbonyl (C=O) groups is 8. The van der Waals surface area contributed by atoms with Crippen LogP contribution in [0.15, 0.2) is 97.1 Å². The third-order valence-corrected chi connectivity index (χ3v) is 21.9. The van der Waals surface area contributed by atoms with Gasteiger partial charge in [-0.15, -0.1) is 0 Å². The maximum absolute atomic E-state index is 12.0. The number of aromatic amines is 3. The number of H-pyrrole nitrogens is 3. The number of carbonyl (C=O) groups excluding carboxylic acids is 7. The SMILES string of the molecule is BrBr.C.C.C.C.C.C.C.CCOC(=O)C1CCCC(Br)C1=O.CCOC(=O)C1CCCCC1=O.CCOC(=O)C1CCCc2c1[nH]c1ccc(Cl)cc21.Cn1c2c(c3cc(Cl)ccc31)C(C(N)=O)CCC2.NC(=O)C1CCCc2c1[nH]c1ccc(Cl)cc21.Nc1ccc(Cl)cc1.O=C(O)C1CCCc2c1[nH]c1ccc(Cl)cc21.[Na+].[OH-]. The number of anilines is 1. The van der Waals surface area contributed by atoms with Gasteiger partial charge >= 0.3 is 53.4 Å². The van der Waals surface area contributed by atoms with E-state index < -0.39 is 23.7 Å². The second-order valence-electron chi connectivity index (χ2n) is 26.6. The van der Waals surface area contributed by atoms with Crippen LogP contribution in [0, 0.1) is 11.8 Å². The van der Waals surface area contributed by atoms with Crippen molar-refractivity contribution in [1.82, 2.24) is 19.5 Å². The quantitative estimate of drug-likeness (QED) is 0.0176. The Balaban J connectivity index is 0. The van der Waals surface area contributed by atoms with Gasteiger partial charge in [-0.25, -0.2) is 0 Å². The number of Topliss-reactive ketones (excluding diaryl/α,β-unsaturated/α-hetero) is 2. The number of carboxylic acid groups (broad SMARTS) is 1. The number of nitrogens with zero attached hydrogens (tertiary/aromatic N) is 1. The number of fused-ring (bicyclic) bond motifs is 12. The van der Waals surface area contributed by atoms with E-state index in [4.69, 9.17) is 89.4 Å². The third-order valence-electron chi connectivity index (χ3n) is 19.8. The van der Waals surface area contributed by atoms with E-state index in [1.165, 1.54) is 16.8 Å². The molecule has 632 valence electrons. The van der Waals surface area contributed by atoms with Gasteiger partial charge < -0.3 is 61.5 Å². The standard InChI is InChI=1S/C15H16ClNO2.C14H15ClN2O.C13H13ClN2O.C13H12ClNO2.C9H13BrO3.C9H14O3.C6H6ClN.7CH4.Br2.Na.H2O/c1-2-19-15(18)11-5-3-4-10-12-8-9(16)6-7-13(12)17-14(10)11;1-17-11-6-5-8(15)7-10(11)13-9(14(16)18)3-2-4-12(13)17;14-7-4-5-11-10(6-7)8-2-1-3-9(13(15)17)12(8)16-11;14-7-4-5-11-10(6-7)8-2-1-3-9(13(16)17)12(8)15-11;1-2-13-9(12)6-4-3-5-7(10)8(6)11;1-2-12-9(11)7-5-3-4-6-8(7)10;7-5-1-3-6(8)4-2-5;;;;;;;;1-2;;/h6-8,11,17H,2-5H2,1H3;5-7,9H,2-4H2,1H3,(H2,16,18);4-6,9,16H,1-3H2,(H2,15,17);4-6,9,15H,1-3H2,(H,16,17);6-7H,2-5H2,1H3;7H,2-6H2,1H3;1-4H,8H2;7*1H4;;;1H2/q;;;;;;;;;;;;;;;+1;/p-1. The maximum atomic E-state index is 12.0. The van der Waals surface area contributed by atoms with E-state index in [0.717, 1.165) is 189 Å². The summed E-state index contributed by atoms with van der Waals surface area (Å²) in [7, 11) is 2.04. The summed E-state index contributed by atoms with van der Waals surface area (Å²) in [6.45, 7) is 6.48. The van der Waals surface area contributed by atoms with E-state index in [9.17, 15) is 43.5 Å². The molecule has 2 fully saturated rings. The molecule has 4 heterocycles. The Morgan fingerprint density at radius 1 is 0.461 bits per heavy atom. The van der Waals surface area contributed by atoms with E-state index in [1.54, 1.807) is 38.1 Å². The summed E-state index contributed by atoms with van der Waals surface area (Å²) in [6.07, 6.45) is 16.6. The number of ketones is 2. The molecule has 6 aliphatic carbocycles. The first-order valence-electron chi connectivity index (χ1n) is 35.7. The average Bonchev–Trinajstić information content (AvgIpc) is 1.61. The summed E-state index contributed by atoms with van der Waals surface area (Å²) in [6, 6.07) is 30.1. The molecule has 0 bridgehead atoms. The number of aliphatic carboxylic acids is 1. The Labute approximate surface area is 750 Å². The smallest absolute Gasteiger partial charge is 0.870 e. The molecule has 4 aromatic heterocycles. The van der Waals surface area contributed by atoms with E-state index in [-0.39, 0.29) is 151 Å². The Morgan fingerprint density at radius 3 is 1.24 bits per heavy atom. The van der Waals surface area contributed by atoms with Gasteiger partial charge in [0.25, 0.3) is 0 Å². The molecule has 9 aromatic rings. The number of rotatable bonds is 9. The van der Waals surface area contributed by atoms with Gasteiger partial charge in [-0.05, 0) is 243 Å². The number of nitrogens with two attached hydrogens (primary N) is 3. The maximum Gasteiger partial charge on any atom is 1.00 e. The Hall–Kier alpha value is -5.93. The first-order valence-corrected chi connectivity index (χ1v) is 42.2. The number of nitrogens with one attached hydrogen (secondary N) is 3. The molecule has 0 aliphatic heterocycles. The fraction of sp³-hybridized carbons (Fsp3) is 0.465. The van der Waals surface area contributed by atoms with Crippen molar-refractivity contribution in [1.29, 1.82) is 0 Å². The first kappa shape index (κ1) is 111. The van der Waals surface area contributed by atoms with Gasteiger partial charge in [0.1, 0.15) is 17.6 Å². The van der Waals surface area contributed by atoms with Crippen molar-refractivity contribution in [2.45, 2.75) is 223 Å². The average molecular weight is 1900 g/mol. The van der Waals surface area contributed by atoms with Gasteiger partial charge in [0, 0.05) is 139 Å². The van der Waals surface area contributed by atoms with Crippen LogP contribution < -0.4 is 46.8 Å². The van der Waals surface area contributed by atoms with Gasteiger partial charge in [-0.3, -0.25) is 38.4 Å². The molecule has 0 radical (unpaired) electrons. The van der Waals surface area contributed by atoms with Crippen molar-refractivity contribution in [2.75, 3.05) is 25.6 Å². The van der Waals surface area contributed by atoms with Crippen molar-refractivity contribution in [3.8, 4) is 0 Å². The van der Waals surface area contributed by atoms with Gasteiger partial charge in [0.05, 0.1) is 48.3 Å². The summed E-state index contributed by atoms with van der Waals surface area (Å²) in [4.78, 5) is 101. The molecule has 29 heteroatoms. The minimum Gasteiger partial charge on any atom is -0.870 e. The number of hydrogen-bond acceptors (Lipinski definition) is 13. The van der Waals surface area contributed by atoms with E-state index in [2.05, 4.69) is 63.7 Å². The molecule has 20 nitrogen and oxygen atoms in total. The number of amides is 2. The van der Waals surface area contributed by atoms with Crippen LogP contribution in [0.1, 0.15) is 238 Å². The molecule has 6 aliphatic rings. The minimum atomic E-state index is -0.747. The van der Waals surface area contributed by atoms with Gasteiger partial charge in [0.15, 0.2) is 5.78 Å². The van der Waals surface area contributed by atoms with Crippen molar-refractivity contribution < 1.29 is 92.7 Å². The fourth-order valence-corrected chi connectivity index (χ4v) is 16.3. The van der Waals surface area contributed by atoms with Crippen molar-refractivity contribution in [3.05, 3.63) is 167 Å². The van der Waals surface area contributed by atoms with Crippen molar-refractivity contribution in [3.63, 3.8) is 0 Å². The number of ether oxygens (including phenoxy) is 3. The number of esters is 3. The number of benzene rings is 5. The van der Waals surface area contributed by atoms with Crippen LogP contribution >= 0.6 is 102 Å². The molecule has 115 heavy (non-hydrogen) atoms. The van der Waals surface area contributed by atoms with Crippen LogP contribution in [0.4, 0.5) is 5.69 Å². The molecule has 15 rings (SSSR count). The van der Waals surface area contributed by atoms with Gasteiger partial charge in [-0.2, -0.15) is 0 Å². The van der Waals surface area contributed by atoms with Crippen molar-refractivity contribution >= 4 is 199 Å². The molecule has 11 N–H and O–H groups in total. The number of halogens is 8. The largest absolute Gasteiger partial charge is 1.00 e. The zero-order chi connectivity index (χ0) is 77.1. The predicted molar refractivity (Wildman–Crippen MR) is 481 cm³/mol. The normalized spacial score (nSPS) is 18.1. The Kier molecular flexibility index (Phi) is 51.8. The summed E-state index contributed by atoms with van der Waals surface area (Å²) in [5, 5.41) is 17.2. The number of carboxylic acids is 1. The van der Waals surface area contributed by atoms with Crippen LogP contribution in [0.25, 0.3) is 43.6 Å². The van der Waals surface area contributed by atoms with Crippen LogP contribution in [-0.4, -0.2) is 102 Å². The first-order chi connectivity index (χ1) is 50.8. The zero-order valence-corrected chi connectivity index (χ0v) is 71.5. The summed E-state index contributed by atoms with van der Waals surface area (Å²) in [5.41, 5.74) is 30.0. The molecule has 0 spiro atoms. The number of nitrogen functional groups attached to an aromatic ring is 1. The number of hydrogen-bond donors (Lipinski definition) is 7. The second kappa shape index (κ2) is 53.6. The number of aromatic nitrogens is 4. The summed E-state index contributed by atoms with van der Waals surface area (Å²) >= 11 is 38.4. The number of primary amides is 2. The topological polar surface area (TPSA) is 345 Å². The third kappa shape index (κ3) is 28.6. The molecular weight excluding hydrogens is 1780 g/mol. The van der Waals surface area contributed by atoms with Crippen LogP contribution in [0.2, 0.25) is 25.1 Å². The fourth-order valence-electron chi connectivity index (χ4n) is 14.8. The van der Waals surface area contributed by atoms with Crippen molar-refractivity contribution in [2.24, 2.45) is 30.4 Å². The second-order valence-corrected chi connectivity index (χ2v) is 29.8. The summed E-state index contributed by atoms with van der Waals surface area (Å²) in [5.74, 6) is -3.91. The predicted octanol–water partition coefficient (Wildman–Crippen LogP) is 20.5. The summed E-state index contributed by atoms with van der Waals surface area (Å²) < 4.78 is 16.9. The molecule has 0 saturated heterocycles. The number of alkyl halides is 1. The molecule has 7 unspecified atom stereocenters. The molecule has 5 aromatic carbocycles. The molecule has 2 saturated carbocycles. The number of aryl methyl sites for hydroxylation is 4. The molecular formula is C86H118Br3Cl5N7NaO13. The zero-order valence-electron chi connectivity index (χ0n) is 60.9. The van der Waals surface area contributed by atoms with Gasteiger partial charge in [0.2, 0.25) is 11.8 Å². The Bertz CT molecular complexity index is 4500. The van der Waals surface area contributed by atoms with E-state index >= 15 is 0 Å². The van der Waals surface area contributed by atoms with Crippen LogP contribution in [-0.2, 0) is 85.3 Å². The van der Waals surface area contributed by atoms with Gasteiger partial charge in [-0.1, -0.05) is 139 Å². The van der Waals surface area contributed by atoms with E-state index in [0.29, 0.717) is 55.5 Å².